The van der Waals surface area contributed by atoms with Crippen molar-refractivity contribution in [1.29, 1.82) is 0 Å². The summed E-state index contributed by atoms with van der Waals surface area (Å²) >= 11 is 0. The van der Waals surface area contributed by atoms with E-state index in [-0.39, 0.29) is 30.0 Å². The van der Waals surface area contributed by atoms with Gasteiger partial charge < -0.3 is 25.3 Å². The van der Waals surface area contributed by atoms with Gasteiger partial charge in [-0.2, -0.15) is 0 Å². The molecule has 0 amide bonds. The standard InChI is InChI=1S/C17H29N3O3.HI/c1-5-22-15-8-7-14(11-16(15)23-6-2)9-10-19-17(18)20-13(3)12-21-4;/h7-8,11,13H,5-6,9-10,12H2,1-4H3,(H3,18,19,20);1H. The van der Waals surface area contributed by atoms with Gasteiger partial charge in [0.25, 0.3) is 0 Å². The summed E-state index contributed by atoms with van der Waals surface area (Å²) in [4.78, 5) is 4.33. The number of nitrogens with one attached hydrogen (secondary N) is 1. The summed E-state index contributed by atoms with van der Waals surface area (Å²) in [5.74, 6) is 1.98. The van der Waals surface area contributed by atoms with E-state index < -0.39 is 0 Å². The molecule has 24 heavy (non-hydrogen) atoms. The van der Waals surface area contributed by atoms with Gasteiger partial charge in [0.05, 0.1) is 19.8 Å². The average Bonchev–Trinajstić information content (AvgIpc) is 2.50. The molecule has 1 unspecified atom stereocenters. The Morgan fingerprint density at radius 2 is 1.88 bits per heavy atom. The minimum atomic E-state index is 0. The van der Waals surface area contributed by atoms with Gasteiger partial charge in [0.2, 0.25) is 0 Å². The Bertz CT molecular complexity index is 498. The molecule has 6 nitrogen and oxygen atoms in total. The smallest absolute Gasteiger partial charge is 0.188 e. The van der Waals surface area contributed by atoms with Crippen molar-refractivity contribution in [2.75, 3.05) is 33.5 Å². The van der Waals surface area contributed by atoms with Crippen molar-refractivity contribution in [2.24, 2.45) is 10.7 Å². The van der Waals surface area contributed by atoms with Crippen molar-refractivity contribution in [3.63, 3.8) is 0 Å². The second-order valence-electron chi connectivity index (χ2n) is 5.16. The quantitative estimate of drug-likeness (QED) is 0.325. The Hall–Kier alpha value is -1.22. The van der Waals surface area contributed by atoms with E-state index >= 15 is 0 Å². The summed E-state index contributed by atoms with van der Waals surface area (Å²) in [5.41, 5.74) is 6.99. The predicted octanol–water partition coefficient (Wildman–Crippen LogP) is 2.58. The van der Waals surface area contributed by atoms with Crippen molar-refractivity contribution in [2.45, 2.75) is 33.2 Å². The molecule has 1 rings (SSSR count). The molecule has 0 spiro atoms. The van der Waals surface area contributed by atoms with Gasteiger partial charge in [0.1, 0.15) is 0 Å². The fourth-order valence-electron chi connectivity index (χ4n) is 2.15. The van der Waals surface area contributed by atoms with Crippen LogP contribution in [0, 0.1) is 0 Å². The minimum absolute atomic E-state index is 0. The molecule has 0 fully saturated rings. The number of methoxy groups -OCH3 is 1. The topological polar surface area (TPSA) is 78.1 Å². The van der Waals surface area contributed by atoms with Gasteiger partial charge in [0, 0.05) is 19.7 Å². The Labute approximate surface area is 162 Å². The Morgan fingerprint density at radius 3 is 2.50 bits per heavy atom. The highest BCUT2D eigenvalue weighted by Gasteiger charge is 2.06. The lowest BCUT2D eigenvalue weighted by atomic mass is 10.1. The second kappa shape index (κ2) is 13.1. The molecule has 0 aliphatic rings. The molecule has 0 aromatic heterocycles. The molecule has 3 N–H and O–H groups in total. The normalized spacial score (nSPS) is 12.2. The number of nitrogens with two attached hydrogens (primary N) is 1. The first-order chi connectivity index (χ1) is 11.1. The van der Waals surface area contributed by atoms with E-state index in [0.717, 1.165) is 23.5 Å². The molecule has 138 valence electrons. The van der Waals surface area contributed by atoms with Gasteiger partial charge in [-0.05, 0) is 44.9 Å². The number of rotatable bonds is 10. The van der Waals surface area contributed by atoms with E-state index in [1.54, 1.807) is 7.11 Å². The molecule has 0 heterocycles. The summed E-state index contributed by atoms with van der Waals surface area (Å²) in [6, 6.07) is 6.11. The van der Waals surface area contributed by atoms with Gasteiger partial charge in [-0.15, -0.1) is 24.0 Å². The molecule has 1 atom stereocenters. The zero-order valence-corrected chi connectivity index (χ0v) is 17.3. The van der Waals surface area contributed by atoms with Gasteiger partial charge in [0.15, 0.2) is 17.5 Å². The predicted molar refractivity (Wildman–Crippen MR) is 109 cm³/mol. The highest BCUT2D eigenvalue weighted by molar-refractivity contribution is 14.0. The monoisotopic (exact) mass is 451 g/mol. The number of nitrogens with zero attached hydrogens (tertiary/aromatic N) is 1. The summed E-state index contributed by atoms with van der Waals surface area (Å²) in [5, 5.41) is 3.08. The van der Waals surface area contributed by atoms with E-state index in [0.29, 0.717) is 32.3 Å². The van der Waals surface area contributed by atoms with E-state index in [2.05, 4.69) is 10.3 Å². The third-order valence-corrected chi connectivity index (χ3v) is 3.10. The van der Waals surface area contributed by atoms with Crippen molar-refractivity contribution in [1.82, 2.24) is 5.32 Å². The summed E-state index contributed by atoms with van der Waals surface area (Å²) in [7, 11) is 1.66. The molecule has 0 aliphatic carbocycles. The number of ether oxygens (including phenoxy) is 3. The Kier molecular flexibility index (Phi) is 12.4. The fraction of sp³-hybridized carbons (Fsp3) is 0.588. The molecule has 1 aromatic rings. The number of benzene rings is 1. The maximum absolute atomic E-state index is 5.85. The van der Waals surface area contributed by atoms with Crippen LogP contribution in [-0.2, 0) is 11.2 Å². The minimum Gasteiger partial charge on any atom is -0.490 e. The van der Waals surface area contributed by atoms with Gasteiger partial charge in [-0.3, -0.25) is 4.99 Å². The number of hydrogen-bond donors (Lipinski definition) is 2. The lowest BCUT2D eigenvalue weighted by molar-refractivity contribution is 0.179. The van der Waals surface area contributed by atoms with Crippen LogP contribution < -0.4 is 20.5 Å². The molecule has 1 aromatic carbocycles. The number of halogens is 1. The van der Waals surface area contributed by atoms with Crippen molar-refractivity contribution < 1.29 is 14.2 Å². The lowest BCUT2D eigenvalue weighted by Crippen LogP contribution is -2.40. The first-order valence-electron chi connectivity index (χ1n) is 8.04. The molecule has 0 saturated carbocycles. The van der Waals surface area contributed by atoms with E-state index in [4.69, 9.17) is 19.9 Å². The van der Waals surface area contributed by atoms with Gasteiger partial charge in [-0.25, -0.2) is 0 Å². The SMILES string of the molecule is CCOc1ccc(CCN=C(N)NC(C)COC)cc1OCC.I. The molecule has 0 saturated heterocycles. The van der Waals surface area contributed by atoms with Crippen LogP contribution in [0.15, 0.2) is 23.2 Å². The van der Waals surface area contributed by atoms with Crippen LogP contribution in [0.25, 0.3) is 0 Å². The van der Waals surface area contributed by atoms with Crippen LogP contribution in [0.3, 0.4) is 0 Å². The zero-order chi connectivity index (χ0) is 17.1. The van der Waals surface area contributed by atoms with Crippen LogP contribution in [0.1, 0.15) is 26.3 Å². The Balaban J connectivity index is 0.00000529. The molecular weight excluding hydrogens is 421 g/mol. The number of hydrogen-bond acceptors (Lipinski definition) is 4. The van der Waals surface area contributed by atoms with E-state index in [1.807, 2.05) is 39.0 Å². The molecular formula is C17H30IN3O3. The molecule has 0 bridgehead atoms. The number of guanidine groups is 1. The largest absolute Gasteiger partial charge is 0.490 e. The van der Waals surface area contributed by atoms with Crippen LogP contribution >= 0.6 is 24.0 Å². The lowest BCUT2D eigenvalue weighted by Gasteiger charge is -2.13. The highest BCUT2D eigenvalue weighted by Crippen LogP contribution is 2.28. The molecule has 7 heteroatoms. The number of aliphatic imine (C=N–C) groups is 1. The van der Waals surface area contributed by atoms with Crippen molar-refractivity contribution >= 4 is 29.9 Å². The third kappa shape index (κ3) is 8.58. The highest BCUT2D eigenvalue weighted by atomic mass is 127. The van der Waals surface area contributed by atoms with Crippen molar-refractivity contribution in [3.05, 3.63) is 23.8 Å². The molecule has 0 radical (unpaired) electrons. The second-order valence-corrected chi connectivity index (χ2v) is 5.16. The maximum atomic E-state index is 5.85. The summed E-state index contributed by atoms with van der Waals surface area (Å²) < 4.78 is 16.2. The van der Waals surface area contributed by atoms with Crippen LogP contribution in [0.5, 0.6) is 11.5 Å². The van der Waals surface area contributed by atoms with Crippen LogP contribution in [-0.4, -0.2) is 45.5 Å². The zero-order valence-electron chi connectivity index (χ0n) is 15.0. The first kappa shape index (κ1) is 22.8. The molecule has 0 aliphatic heterocycles. The summed E-state index contributed by atoms with van der Waals surface area (Å²) in [6.07, 6.45) is 0.785. The van der Waals surface area contributed by atoms with Gasteiger partial charge >= 0.3 is 0 Å². The first-order valence-corrected chi connectivity index (χ1v) is 8.04. The third-order valence-electron chi connectivity index (χ3n) is 3.10. The van der Waals surface area contributed by atoms with E-state index in [1.165, 1.54) is 0 Å². The Morgan fingerprint density at radius 1 is 1.21 bits per heavy atom. The van der Waals surface area contributed by atoms with Crippen molar-refractivity contribution in [3.8, 4) is 11.5 Å². The fourth-order valence-corrected chi connectivity index (χ4v) is 2.15. The summed E-state index contributed by atoms with van der Waals surface area (Å²) in [6.45, 7) is 8.33. The van der Waals surface area contributed by atoms with Gasteiger partial charge in [-0.1, -0.05) is 6.07 Å². The maximum Gasteiger partial charge on any atom is 0.188 e. The average molecular weight is 451 g/mol. The van der Waals surface area contributed by atoms with Crippen LogP contribution in [0.2, 0.25) is 0 Å². The van der Waals surface area contributed by atoms with Crippen LogP contribution in [0.4, 0.5) is 0 Å². The van der Waals surface area contributed by atoms with E-state index in [9.17, 15) is 0 Å².